The lowest BCUT2D eigenvalue weighted by molar-refractivity contribution is -0.141. The highest BCUT2D eigenvalue weighted by Crippen LogP contribution is 2.26. The molecule has 5 nitrogen and oxygen atoms in total. The quantitative estimate of drug-likeness (QED) is 0.899. The predicted molar refractivity (Wildman–Crippen MR) is 76.0 cm³/mol. The van der Waals surface area contributed by atoms with Crippen LogP contribution in [-0.4, -0.2) is 38.8 Å². The Hall–Kier alpha value is -0.880. The molecule has 6 heteroatoms. The summed E-state index contributed by atoms with van der Waals surface area (Å²) < 4.78 is 3.09. The Morgan fingerprint density at radius 3 is 2.79 bits per heavy atom. The van der Waals surface area contributed by atoms with Gasteiger partial charge in [0.1, 0.15) is 0 Å². The molecule has 1 aromatic heterocycles. The van der Waals surface area contributed by atoms with Crippen LogP contribution in [0.4, 0.5) is 0 Å². The highest BCUT2D eigenvalue weighted by molar-refractivity contribution is 9.10. The van der Waals surface area contributed by atoms with Crippen LogP contribution in [0.2, 0.25) is 0 Å². The van der Waals surface area contributed by atoms with Crippen molar-refractivity contribution in [1.82, 2.24) is 14.7 Å². The van der Waals surface area contributed by atoms with Gasteiger partial charge in [0.05, 0.1) is 21.8 Å². The van der Waals surface area contributed by atoms with E-state index in [2.05, 4.69) is 39.8 Å². The SMILES string of the molecule is CCc1nn(CC)c(CN2CCC(C(=O)O)C2)c1Br. The number of carboxylic acid groups (broad SMARTS) is 1. The van der Waals surface area contributed by atoms with E-state index in [4.69, 9.17) is 5.11 Å². The van der Waals surface area contributed by atoms with E-state index < -0.39 is 5.97 Å². The molecule has 2 heterocycles. The summed E-state index contributed by atoms with van der Waals surface area (Å²) >= 11 is 3.63. The van der Waals surface area contributed by atoms with Gasteiger partial charge >= 0.3 is 5.97 Å². The maximum absolute atomic E-state index is 11.0. The summed E-state index contributed by atoms with van der Waals surface area (Å²) in [5.41, 5.74) is 2.23. The van der Waals surface area contributed by atoms with Crippen molar-refractivity contribution in [3.05, 3.63) is 15.9 Å². The molecule has 1 fully saturated rings. The van der Waals surface area contributed by atoms with E-state index in [-0.39, 0.29) is 5.92 Å². The van der Waals surface area contributed by atoms with Gasteiger partial charge in [-0.15, -0.1) is 0 Å². The van der Waals surface area contributed by atoms with Crippen LogP contribution in [-0.2, 0) is 24.3 Å². The lowest BCUT2D eigenvalue weighted by Gasteiger charge is -2.16. The van der Waals surface area contributed by atoms with Gasteiger partial charge in [-0.1, -0.05) is 6.92 Å². The Bertz CT molecular complexity index is 473. The number of carboxylic acids is 1. The van der Waals surface area contributed by atoms with Crippen molar-refractivity contribution in [2.75, 3.05) is 13.1 Å². The first-order chi connectivity index (χ1) is 9.06. The second-order valence-electron chi connectivity index (χ2n) is 4.94. The highest BCUT2D eigenvalue weighted by Gasteiger charge is 2.29. The van der Waals surface area contributed by atoms with Crippen molar-refractivity contribution < 1.29 is 9.90 Å². The zero-order valence-electron chi connectivity index (χ0n) is 11.4. The van der Waals surface area contributed by atoms with Gasteiger partial charge in [0.2, 0.25) is 0 Å². The van der Waals surface area contributed by atoms with Gasteiger partial charge < -0.3 is 5.11 Å². The highest BCUT2D eigenvalue weighted by atomic mass is 79.9. The molecule has 0 spiro atoms. The van der Waals surface area contributed by atoms with Crippen LogP contribution in [0.15, 0.2) is 4.47 Å². The number of carbonyl (C=O) groups is 1. The molecule has 0 aliphatic carbocycles. The number of hydrogen-bond donors (Lipinski definition) is 1. The summed E-state index contributed by atoms with van der Waals surface area (Å²) in [5, 5.41) is 13.6. The van der Waals surface area contributed by atoms with E-state index in [0.29, 0.717) is 6.54 Å². The first-order valence-electron chi connectivity index (χ1n) is 6.76. The Labute approximate surface area is 121 Å². The summed E-state index contributed by atoms with van der Waals surface area (Å²) in [6.45, 7) is 7.26. The van der Waals surface area contributed by atoms with Crippen molar-refractivity contribution in [2.24, 2.45) is 5.92 Å². The molecular formula is C13H20BrN3O2. The normalized spacial score (nSPS) is 20.1. The fraction of sp³-hybridized carbons (Fsp3) is 0.692. The van der Waals surface area contributed by atoms with Crippen LogP contribution in [0.3, 0.4) is 0 Å². The van der Waals surface area contributed by atoms with E-state index >= 15 is 0 Å². The lowest BCUT2D eigenvalue weighted by Crippen LogP contribution is -2.24. The Morgan fingerprint density at radius 2 is 2.26 bits per heavy atom. The summed E-state index contributed by atoms with van der Waals surface area (Å²) in [4.78, 5) is 13.2. The van der Waals surface area contributed by atoms with Crippen molar-refractivity contribution in [1.29, 1.82) is 0 Å². The molecule has 106 valence electrons. The lowest BCUT2D eigenvalue weighted by atomic mass is 10.1. The molecule has 0 saturated carbocycles. The van der Waals surface area contributed by atoms with Crippen molar-refractivity contribution in [2.45, 2.75) is 39.8 Å². The molecule has 0 aromatic carbocycles. The number of likely N-dealkylation sites (tertiary alicyclic amines) is 1. The molecular weight excluding hydrogens is 310 g/mol. The van der Waals surface area contributed by atoms with Gasteiger partial charge in [-0.25, -0.2) is 0 Å². The predicted octanol–water partition coefficient (Wildman–Crippen LogP) is 2.13. The average Bonchev–Trinajstić information content (AvgIpc) is 2.96. The van der Waals surface area contributed by atoms with E-state index in [1.165, 1.54) is 0 Å². The maximum atomic E-state index is 11.0. The summed E-state index contributed by atoms with van der Waals surface area (Å²) in [5.74, 6) is -0.901. The van der Waals surface area contributed by atoms with Crippen molar-refractivity contribution >= 4 is 21.9 Å². The second-order valence-corrected chi connectivity index (χ2v) is 5.73. The minimum Gasteiger partial charge on any atom is -0.481 e. The molecule has 19 heavy (non-hydrogen) atoms. The molecule has 1 unspecified atom stereocenters. The Morgan fingerprint density at radius 1 is 1.53 bits per heavy atom. The number of hydrogen-bond acceptors (Lipinski definition) is 3. The molecule has 0 radical (unpaired) electrons. The maximum Gasteiger partial charge on any atom is 0.307 e. The Kier molecular flexibility index (Phi) is 4.62. The van der Waals surface area contributed by atoms with E-state index in [1.807, 2.05) is 4.68 Å². The third-order valence-corrected chi connectivity index (χ3v) is 4.60. The van der Waals surface area contributed by atoms with Crippen molar-refractivity contribution in [3.63, 3.8) is 0 Å². The summed E-state index contributed by atoms with van der Waals surface area (Å²) in [7, 11) is 0. The first kappa shape index (κ1) is 14.5. The third-order valence-electron chi connectivity index (χ3n) is 3.69. The topological polar surface area (TPSA) is 58.4 Å². The minimum absolute atomic E-state index is 0.220. The van der Waals surface area contributed by atoms with Gasteiger partial charge in [0, 0.05) is 19.6 Å². The fourth-order valence-corrected chi connectivity index (χ4v) is 3.25. The number of nitrogens with zero attached hydrogens (tertiary/aromatic N) is 3. The molecule has 1 saturated heterocycles. The van der Waals surface area contributed by atoms with Gasteiger partial charge in [-0.3, -0.25) is 14.4 Å². The van der Waals surface area contributed by atoms with Gasteiger partial charge in [-0.2, -0.15) is 5.10 Å². The smallest absolute Gasteiger partial charge is 0.307 e. The molecule has 0 bridgehead atoms. The largest absolute Gasteiger partial charge is 0.481 e. The molecule has 1 aromatic rings. The van der Waals surface area contributed by atoms with Crippen LogP contribution in [0.25, 0.3) is 0 Å². The molecule has 1 N–H and O–H groups in total. The van der Waals surface area contributed by atoms with E-state index in [1.54, 1.807) is 0 Å². The standard InChI is InChI=1S/C13H20BrN3O2/c1-3-10-12(14)11(17(4-2)15-10)8-16-6-5-9(7-16)13(18)19/h9H,3-8H2,1-2H3,(H,18,19). The van der Waals surface area contributed by atoms with E-state index in [0.717, 1.165) is 48.3 Å². The number of halogens is 1. The van der Waals surface area contributed by atoms with Gasteiger partial charge in [0.25, 0.3) is 0 Å². The number of aliphatic carboxylic acids is 1. The average molecular weight is 330 g/mol. The first-order valence-corrected chi connectivity index (χ1v) is 7.55. The monoisotopic (exact) mass is 329 g/mol. The Balaban J connectivity index is 2.11. The van der Waals surface area contributed by atoms with Crippen LogP contribution in [0.1, 0.15) is 31.7 Å². The molecule has 0 amide bonds. The number of aryl methyl sites for hydroxylation is 2. The molecule has 1 aliphatic rings. The fourth-order valence-electron chi connectivity index (χ4n) is 2.56. The van der Waals surface area contributed by atoms with Crippen molar-refractivity contribution in [3.8, 4) is 0 Å². The second kappa shape index (κ2) is 6.05. The third kappa shape index (κ3) is 3.00. The summed E-state index contributed by atoms with van der Waals surface area (Å²) in [6, 6.07) is 0. The number of rotatable bonds is 5. The van der Waals surface area contributed by atoms with Crippen LogP contribution in [0, 0.1) is 5.92 Å². The molecule has 1 atom stereocenters. The van der Waals surface area contributed by atoms with Crippen LogP contribution < -0.4 is 0 Å². The molecule has 2 rings (SSSR count). The van der Waals surface area contributed by atoms with Gasteiger partial charge in [0.15, 0.2) is 0 Å². The van der Waals surface area contributed by atoms with Crippen LogP contribution >= 0.6 is 15.9 Å². The summed E-state index contributed by atoms with van der Waals surface area (Å²) in [6.07, 6.45) is 1.65. The zero-order valence-corrected chi connectivity index (χ0v) is 13.0. The minimum atomic E-state index is -0.681. The van der Waals surface area contributed by atoms with E-state index in [9.17, 15) is 4.79 Å². The van der Waals surface area contributed by atoms with Gasteiger partial charge in [-0.05, 0) is 42.2 Å². The van der Waals surface area contributed by atoms with Crippen LogP contribution in [0.5, 0.6) is 0 Å². The zero-order chi connectivity index (χ0) is 14.0. The number of aromatic nitrogens is 2. The molecule has 1 aliphatic heterocycles.